The van der Waals surface area contributed by atoms with E-state index in [0.717, 1.165) is 56.7 Å². The fourth-order valence-electron chi connectivity index (χ4n) is 8.08. The Morgan fingerprint density at radius 3 is 1.89 bits per heavy atom. The Balaban J connectivity index is 1.09. The molecule has 0 radical (unpaired) electrons. The predicted molar refractivity (Wildman–Crippen MR) is 236 cm³/mol. The second-order valence-corrected chi connectivity index (χ2v) is 13.8. The number of allylic oxidation sites excluding steroid dienone is 4. The second kappa shape index (κ2) is 14.0. The number of hydrogen-bond donors (Lipinski definition) is 0. The normalized spacial score (nSPS) is 12.3. The minimum atomic E-state index is 0.840. The zero-order chi connectivity index (χ0) is 37.4. The third-order valence-corrected chi connectivity index (χ3v) is 10.6. The molecule has 4 heteroatoms. The molecule has 0 unspecified atom stereocenters. The van der Waals surface area contributed by atoms with Crippen LogP contribution in [0.2, 0.25) is 0 Å². The van der Waals surface area contributed by atoms with Crippen LogP contribution in [-0.4, -0.2) is 4.57 Å². The standard InChI is InChI=1S/C52H37N3O/c1-2-3-4-13-36-53(39-30-28-38(29-31-39)43-20-14-17-37-16-5-6-18-42(37)43)48-24-15-25-49-52(48)44-19-7-8-21-45(44)54(49)40-32-34-41(35-33-40)55-46-22-9-11-26-50(46)56-51-27-12-10-23-47(51)55/h2-36H,1H2/b4-3-,36-13-. The molecule has 10 rings (SSSR count). The van der Waals surface area contributed by atoms with E-state index in [0.29, 0.717) is 0 Å². The predicted octanol–water partition coefficient (Wildman–Crippen LogP) is 14.6. The fraction of sp³-hybridized carbons (Fsp3) is 0. The molecule has 0 bridgehead atoms. The third-order valence-electron chi connectivity index (χ3n) is 10.6. The van der Waals surface area contributed by atoms with Gasteiger partial charge in [-0.15, -0.1) is 0 Å². The first-order valence-corrected chi connectivity index (χ1v) is 18.9. The quantitative estimate of drug-likeness (QED) is 0.146. The zero-order valence-electron chi connectivity index (χ0n) is 30.7. The summed E-state index contributed by atoms with van der Waals surface area (Å²) in [7, 11) is 0. The molecule has 0 spiro atoms. The molecule has 0 saturated carbocycles. The van der Waals surface area contributed by atoms with E-state index in [-0.39, 0.29) is 0 Å². The van der Waals surface area contributed by atoms with Crippen LogP contribution in [0.15, 0.2) is 219 Å². The SMILES string of the molecule is C=C/C=C\C=C/N(c1ccc(-c2cccc3ccccc23)cc1)c1cccc2c1c1ccccc1n2-c1ccc(N2c3ccccc3Oc3ccccc32)cc1. The molecule has 2 heterocycles. The summed E-state index contributed by atoms with van der Waals surface area (Å²) in [6, 6.07) is 64.5. The highest BCUT2D eigenvalue weighted by molar-refractivity contribution is 6.16. The number of rotatable bonds is 8. The molecule has 0 amide bonds. The molecule has 9 aromatic rings. The van der Waals surface area contributed by atoms with E-state index >= 15 is 0 Å². The van der Waals surface area contributed by atoms with Gasteiger partial charge < -0.3 is 19.1 Å². The molecule has 1 aliphatic heterocycles. The molecular weight excluding hydrogens is 683 g/mol. The summed E-state index contributed by atoms with van der Waals surface area (Å²) in [6.45, 7) is 3.87. The van der Waals surface area contributed by atoms with Gasteiger partial charge in [0.15, 0.2) is 11.5 Å². The lowest BCUT2D eigenvalue weighted by Gasteiger charge is -2.32. The maximum Gasteiger partial charge on any atom is 0.151 e. The summed E-state index contributed by atoms with van der Waals surface area (Å²) in [5.41, 5.74) is 11.0. The van der Waals surface area contributed by atoms with Crippen LogP contribution in [0.4, 0.5) is 28.4 Å². The fourth-order valence-corrected chi connectivity index (χ4v) is 8.08. The number of hydrogen-bond acceptors (Lipinski definition) is 3. The number of ether oxygens (including phenoxy) is 1. The van der Waals surface area contributed by atoms with Crippen LogP contribution in [0.3, 0.4) is 0 Å². The van der Waals surface area contributed by atoms with Crippen molar-refractivity contribution in [3.05, 3.63) is 219 Å². The summed E-state index contributed by atoms with van der Waals surface area (Å²) in [4.78, 5) is 4.56. The lowest BCUT2D eigenvalue weighted by atomic mass is 9.98. The van der Waals surface area contributed by atoms with E-state index in [2.05, 4.69) is 191 Å². The summed E-state index contributed by atoms with van der Waals surface area (Å²) < 4.78 is 8.66. The highest BCUT2D eigenvalue weighted by Crippen LogP contribution is 2.50. The Labute approximate surface area is 326 Å². The van der Waals surface area contributed by atoms with E-state index in [4.69, 9.17) is 4.74 Å². The van der Waals surface area contributed by atoms with Crippen LogP contribution in [0.1, 0.15) is 0 Å². The first kappa shape index (κ1) is 33.0. The molecule has 0 N–H and O–H groups in total. The van der Waals surface area contributed by atoms with Crippen molar-refractivity contribution in [3.63, 3.8) is 0 Å². The maximum absolute atomic E-state index is 6.29. The molecule has 8 aromatic carbocycles. The molecule has 266 valence electrons. The van der Waals surface area contributed by atoms with Crippen LogP contribution in [0, 0.1) is 0 Å². The molecule has 0 saturated heterocycles. The number of para-hydroxylation sites is 5. The van der Waals surface area contributed by atoms with Crippen LogP contribution >= 0.6 is 0 Å². The molecule has 0 aliphatic carbocycles. The molecule has 56 heavy (non-hydrogen) atoms. The Morgan fingerprint density at radius 1 is 0.500 bits per heavy atom. The first-order chi connectivity index (χ1) is 27.8. The van der Waals surface area contributed by atoms with Crippen molar-refractivity contribution in [2.24, 2.45) is 0 Å². The molecule has 1 aromatic heterocycles. The molecule has 0 fully saturated rings. The van der Waals surface area contributed by atoms with E-state index in [1.165, 1.54) is 32.7 Å². The topological polar surface area (TPSA) is 20.6 Å². The van der Waals surface area contributed by atoms with Crippen molar-refractivity contribution in [1.29, 1.82) is 0 Å². The van der Waals surface area contributed by atoms with Crippen molar-refractivity contribution in [2.45, 2.75) is 0 Å². The lowest BCUT2D eigenvalue weighted by molar-refractivity contribution is 0.477. The summed E-state index contributed by atoms with van der Waals surface area (Å²) in [5.74, 6) is 1.68. The highest BCUT2D eigenvalue weighted by Gasteiger charge is 2.25. The summed E-state index contributed by atoms with van der Waals surface area (Å²) in [5, 5.41) is 4.85. The average molecular weight is 720 g/mol. The second-order valence-electron chi connectivity index (χ2n) is 13.8. The van der Waals surface area contributed by atoms with E-state index in [9.17, 15) is 0 Å². The zero-order valence-corrected chi connectivity index (χ0v) is 30.7. The van der Waals surface area contributed by atoms with Crippen molar-refractivity contribution in [1.82, 2.24) is 4.57 Å². The van der Waals surface area contributed by atoms with Crippen molar-refractivity contribution in [3.8, 4) is 28.3 Å². The average Bonchev–Trinajstić information content (AvgIpc) is 3.60. The van der Waals surface area contributed by atoms with E-state index < -0.39 is 0 Å². The van der Waals surface area contributed by atoms with Crippen molar-refractivity contribution < 1.29 is 4.74 Å². The Hall–Kier alpha value is -7.56. The Kier molecular flexibility index (Phi) is 8.27. The van der Waals surface area contributed by atoms with E-state index in [1.54, 1.807) is 6.08 Å². The number of aromatic nitrogens is 1. The summed E-state index contributed by atoms with van der Waals surface area (Å²) >= 11 is 0. The molecule has 4 nitrogen and oxygen atoms in total. The molecular formula is C52H37N3O. The van der Waals surface area contributed by atoms with Gasteiger partial charge in [0.05, 0.1) is 28.1 Å². The maximum atomic E-state index is 6.29. The molecule has 0 atom stereocenters. The van der Waals surface area contributed by atoms with Crippen molar-refractivity contribution >= 4 is 61.0 Å². The van der Waals surface area contributed by atoms with Crippen LogP contribution < -0.4 is 14.5 Å². The van der Waals surface area contributed by atoms with Gasteiger partial charge in [-0.3, -0.25) is 0 Å². The van der Waals surface area contributed by atoms with Gasteiger partial charge in [-0.05, 0) is 107 Å². The largest absolute Gasteiger partial charge is 0.453 e. The number of benzene rings is 8. The highest BCUT2D eigenvalue weighted by atomic mass is 16.5. The van der Waals surface area contributed by atoms with E-state index in [1.807, 2.05) is 36.4 Å². The van der Waals surface area contributed by atoms with Gasteiger partial charge in [0.2, 0.25) is 0 Å². The third kappa shape index (κ3) is 5.64. The van der Waals surface area contributed by atoms with Gasteiger partial charge in [-0.2, -0.15) is 0 Å². The van der Waals surface area contributed by atoms with Crippen LogP contribution in [0.5, 0.6) is 11.5 Å². The molecule has 1 aliphatic rings. The van der Waals surface area contributed by atoms with Gasteiger partial charge in [-0.1, -0.05) is 128 Å². The van der Waals surface area contributed by atoms with Crippen molar-refractivity contribution in [2.75, 3.05) is 9.80 Å². The van der Waals surface area contributed by atoms with Crippen LogP contribution in [-0.2, 0) is 0 Å². The Bertz CT molecular complexity index is 2920. The first-order valence-electron chi connectivity index (χ1n) is 18.9. The van der Waals surface area contributed by atoms with Gasteiger partial charge in [0.1, 0.15) is 0 Å². The van der Waals surface area contributed by atoms with Gasteiger partial charge in [-0.25, -0.2) is 0 Å². The number of fused-ring (bicyclic) bond motifs is 6. The van der Waals surface area contributed by atoms with Gasteiger partial charge >= 0.3 is 0 Å². The van der Waals surface area contributed by atoms with Gasteiger partial charge in [0, 0.05) is 34.0 Å². The summed E-state index contributed by atoms with van der Waals surface area (Å²) in [6.07, 6.45) is 9.96. The minimum absolute atomic E-state index is 0.840. The number of nitrogens with zero attached hydrogens (tertiary/aromatic N) is 3. The monoisotopic (exact) mass is 719 g/mol. The number of anilines is 5. The lowest BCUT2D eigenvalue weighted by Crippen LogP contribution is -2.15. The van der Waals surface area contributed by atoms with Gasteiger partial charge in [0.25, 0.3) is 0 Å². The smallest absolute Gasteiger partial charge is 0.151 e. The minimum Gasteiger partial charge on any atom is -0.453 e. The van der Waals surface area contributed by atoms with Crippen LogP contribution in [0.25, 0.3) is 49.4 Å². The Morgan fingerprint density at radius 2 is 1.12 bits per heavy atom.